The highest BCUT2D eigenvalue weighted by Crippen LogP contribution is 2.10. The molecule has 5 nitrogen and oxygen atoms in total. The van der Waals surface area contributed by atoms with Crippen molar-refractivity contribution in [1.82, 2.24) is 9.03 Å². The van der Waals surface area contributed by atoms with Crippen molar-refractivity contribution in [2.24, 2.45) is 5.73 Å². The lowest BCUT2D eigenvalue weighted by atomic mass is 10.1. The van der Waals surface area contributed by atoms with Crippen LogP contribution in [0.15, 0.2) is 0 Å². The molecule has 0 amide bonds. The van der Waals surface area contributed by atoms with Crippen LogP contribution >= 0.6 is 0 Å². The topological polar surface area (TPSA) is 75.4 Å². The summed E-state index contributed by atoms with van der Waals surface area (Å²) in [5, 5.41) is 0. The molecule has 1 rings (SSSR count). The van der Waals surface area contributed by atoms with E-state index in [-0.39, 0.29) is 6.04 Å². The van der Waals surface area contributed by atoms with Crippen molar-refractivity contribution in [2.75, 3.05) is 20.1 Å². The van der Waals surface area contributed by atoms with Crippen LogP contribution in [-0.2, 0) is 10.2 Å². The molecule has 0 radical (unpaired) electrons. The van der Waals surface area contributed by atoms with E-state index in [1.807, 2.05) is 0 Å². The van der Waals surface area contributed by atoms with Gasteiger partial charge in [-0.2, -0.15) is 12.7 Å². The number of rotatable bonds is 2. The van der Waals surface area contributed by atoms with E-state index in [9.17, 15) is 8.42 Å². The lowest BCUT2D eigenvalue weighted by Crippen LogP contribution is -2.49. The Kier molecular flexibility index (Phi) is 3.05. The first kappa shape index (κ1) is 9.91. The van der Waals surface area contributed by atoms with Gasteiger partial charge in [0.15, 0.2) is 0 Å². The Morgan fingerprint density at radius 2 is 2.25 bits per heavy atom. The maximum absolute atomic E-state index is 11.3. The summed E-state index contributed by atoms with van der Waals surface area (Å²) < 4.78 is 26.2. The second kappa shape index (κ2) is 3.69. The van der Waals surface area contributed by atoms with Gasteiger partial charge in [0.05, 0.1) is 0 Å². The zero-order chi connectivity index (χ0) is 9.19. The van der Waals surface area contributed by atoms with Crippen molar-refractivity contribution in [2.45, 2.75) is 18.9 Å². The smallest absolute Gasteiger partial charge is 0.279 e. The van der Waals surface area contributed by atoms with Crippen molar-refractivity contribution in [3.63, 3.8) is 0 Å². The van der Waals surface area contributed by atoms with E-state index in [0.717, 1.165) is 12.8 Å². The molecule has 72 valence electrons. The van der Waals surface area contributed by atoms with E-state index in [0.29, 0.717) is 13.1 Å². The summed E-state index contributed by atoms with van der Waals surface area (Å²) in [6, 6.07) is -0.0122. The molecule has 0 aromatic heterocycles. The summed E-state index contributed by atoms with van der Waals surface area (Å²) in [5.41, 5.74) is 5.64. The molecule has 1 atom stereocenters. The molecule has 3 N–H and O–H groups in total. The van der Waals surface area contributed by atoms with Crippen LogP contribution in [0.1, 0.15) is 12.8 Å². The van der Waals surface area contributed by atoms with Crippen LogP contribution in [0.2, 0.25) is 0 Å². The standard InChI is InChI=1S/C6H15N3O2S/c1-8-12(10,11)9-4-2-3-6(7)5-9/h6,8H,2-5,7H2,1H3/t6-/m1/s1. The second-order valence-electron chi connectivity index (χ2n) is 2.97. The summed E-state index contributed by atoms with van der Waals surface area (Å²) in [4.78, 5) is 0. The highest BCUT2D eigenvalue weighted by atomic mass is 32.2. The molecule has 1 aliphatic heterocycles. The maximum Gasteiger partial charge on any atom is 0.279 e. The third-order valence-electron chi connectivity index (χ3n) is 2.02. The average molecular weight is 193 g/mol. The van der Waals surface area contributed by atoms with Crippen molar-refractivity contribution in [3.05, 3.63) is 0 Å². The molecule has 0 spiro atoms. The molecule has 0 aromatic carbocycles. The Morgan fingerprint density at radius 1 is 1.58 bits per heavy atom. The summed E-state index contributed by atoms with van der Waals surface area (Å²) in [7, 11) is -1.84. The first-order valence-electron chi connectivity index (χ1n) is 4.00. The number of nitrogens with one attached hydrogen (secondary N) is 1. The molecule has 0 bridgehead atoms. The summed E-state index contributed by atoms with van der Waals surface area (Å²) in [6.07, 6.45) is 1.76. The first-order valence-corrected chi connectivity index (χ1v) is 5.44. The predicted octanol–water partition coefficient (Wildman–Crippen LogP) is -1.13. The van der Waals surface area contributed by atoms with E-state index in [4.69, 9.17) is 5.73 Å². The van der Waals surface area contributed by atoms with Crippen molar-refractivity contribution < 1.29 is 8.42 Å². The zero-order valence-corrected chi connectivity index (χ0v) is 7.97. The molecule has 0 aliphatic carbocycles. The van der Waals surface area contributed by atoms with Crippen LogP contribution in [0, 0.1) is 0 Å². The van der Waals surface area contributed by atoms with Gasteiger partial charge in [-0.05, 0) is 12.8 Å². The van der Waals surface area contributed by atoms with Gasteiger partial charge in [0, 0.05) is 26.2 Å². The number of hydrogen-bond donors (Lipinski definition) is 2. The number of piperidine rings is 1. The fraction of sp³-hybridized carbons (Fsp3) is 1.00. The monoisotopic (exact) mass is 193 g/mol. The average Bonchev–Trinajstić information content (AvgIpc) is 2.05. The Labute approximate surface area is 73.1 Å². The minimum absolute atomic E-state index is 0.0122. The van der Waals surface area contributed by atoms with Crippen LogP contribution in [0.25, 0.3) is 0 Å². The van der Waals surface area contributed by atoms with Gasteiger partial charge in [0.1, 0.15) is 0 Å². The van der Waals surface area contributed by atoms with E-state index in [2.05, 4.69) is 4.72 Å². The summed E-state index contributed by atoms with van der Waals surface area (Å²) in [6.45, 7) is 1.01. The minimum atomic E-state index is -3.25. The van der Waals surface area contributed by atoms with E-state index in [1.165, 1.54) is 11.4 Å². The highest BCUT2D eigenvalue weighted by molar-refractivity contribution is 7.87. The van der Waals surface area contributed by atoms with E-state index in [1.54, 1.807) is 0 Å². The number of hydrogen-bond acceptors (Lipinski definition) is 3. The number of nitrogens with zero attached hydrogens (tertiary/aromatic N) is 1. The molecular formula is C6H15N3O2S. The molecule has 0 unspecified atom stereocenters. The van der Waals surface area contributed by atoms with E-state index < -0.39 is 10.2 Å². The van der Waals surface area contributed by atoms with Gasteiger partial charge < -0.3 is 5.73 Å². The first-order chi connectivity index (χ1) is 5.56. The van der Waals surface area contributed by atoms with Gasteiger partial charge >= 0.3 is 0 Å². The molecule has 6 heteroatoms. The van der Waals surface area contributed by atoms with Gasteiger partial charge in [-0.25, -0.2) is 4.72 Å². The third-order valence-corrected chi connectivity index (χ3v) is 3.55. The largest absolute Gasteiger partial charge is 0.327 e. The Balaban J connectivity index is 2.63. The molecule has 1 saturated heterocycles. The second-order valence-corrected chi connectivity index (χ2v) is 4.84. The fourth-order valence-corrected chi connectivity index (χ4v) is 2.34. The maximum atomic E-state index is 11.3. The zero-order valence-electron chi connectivity index (χ0n) is 7.16. The van der Waals surface area contributed by atoms with Gasteiger partial charge in [0.25, 0.3) is 10.2 Å². The van der Waals surface area contributed by atoms with Crippen LogP contribution in [-0.4, -0.2) is 38.9 Å². The number of nitrogens with two attached hydrogens (primary N) is 1. The molecule has 1 heterocycles. The Morgan fingerprint density at radius 3 is 2.75 bits per heavy atom. The third kappa shape index (κ3) is 2.16. The Hall–Kier alpha value is -0.170. The van der Waals surface area contributed by atoms with Crippen LogP contribution < -0.4 is 10.5 Å². The quantitative estimate of drug-likeness (QED) is 0.583. The van der Waals surface area contributed by atoms with Crippen LogP contribution in [0.3, 0.4) is 0 Å². The van der Waals surface area contributed by atoms with Crippen LogP contribution in [0.4, 0.5) is 0 Å². The molecule has 0 saturated carbocycles. The fourth-order valence-electron chi connectivity index (χ4n) is 1.32. The summed E-state index contributed by atoms with van der Waals surface area (Å²) in [5.74, 6) is 0. The highest BCUT2D eigenvalue weighted by Gasteiger charge is 2.25. The molecule has 1 fully saturated rings. The molecular weight excluding hydrogens is 178 g/mol. The van der Waals surface area contributed by atoms with Gasteiger partial charge in [-0.15, -0.1) is 0 Å². The molecule has 1 aliphatic rings. The Bertz CT molecular complexity index is 239. The lowest BCUT2D eigenvalue weighted by Gasteiger charge is -2.29. The van der Waals surface area contributed by atoms with Gasteiger partial charge in [-0.1, -0.05) is 0 Å². The lowest BCUT2D eigenvalue weighted by molar-refractivity contribution is 0.313. The molecule has 12 heavy (non-hydrogen) atoms. The van der Waals surface area contributed by atoms with E-state index >= 15 is 0 Å². The van der Waals surface area contributed by atoms with Gasteiger partial charge in [-0.3, -0.25) is 0 Å². The predicted molar refractivity (Wildman–Crippen MR) is 46.8 cm³/mol. The summed E-state index contributed by atoms with van der Waals surface area (Å²) >= 11 is 0. The normalized spacial score (nSPS) is 27.3. The van der Waals surface area contributed by atoms with Crippen molar-refractivity contribution in [3.8, 4) is 0 Å². The SMILES string of the molecule is CNS(=O)(=O)N1CCC[C@@H](N)C1. The molecule has 0 aromatic rings. The van der Waals surface area contributed by atoms with Crippen molar-refractivity contribution in [1.29, 1.82) is 0 Å². The van der Waals surface area contributed by atoms with Gasteiger partial charge in [0.2, 0.25) is 0 Å². The van der Waals surface area contributed by atoms with Crippen molar-refractivity contribution >= 4 is 10.2 Å². The van der Waals surface area contributed by atoms with Crippen LogP contribution in [0.5, 0.6) is 0 Å². The minimum Gasteiger partial charge on any atom is -0.327 e.